The minimum Gasteiger partial charge on any atom is -0.459 e. The van der Waals surface area contributed by atoms with Gasteiger partial charge in [-0.1, -0.05) is 0 Å². The molecule has 0 heterocycles. The van der Waals surface area contributed by atoms with E-state index >= 15 is 0 Å². The number of carbonyl (C=O) groups excluding carboxylic acids is 2. The first-order valence-electron chi connectivity index (χ1n) is 4.72. The Morgan fingerprint density at radius 2 is 1.67 bits per heavy atom. The van der Waals surface area contributed by atoms with Crippen LogP contribution in [-0.4, -0.2) is 24.3 Å². The van der Waals surface area contributed by atoms with Crippen molar-refractivity contribution in [1.29, 1.82) is 0 Å². The molecular formula is C10H19NO4. The van der Waals surface area contributed by atoms with Crippen molar-refractivity contribution in [2.45, 2.75) is 40.2 Å². The van der Waals surface area contributed by atoms with Crippen molar-refractivity contribution in [1.82, 2.24) is 0 Å². The minimum absolute atomic E-state index is 0.182. The fourth-order valence-corrected chi connectivity index (χ4v) is 0.989. The molecule has 0 atom stereocenters. The molecule has 0 radical (unpaired) electrons. The van der Waals surface area contributed by atoms with Crippen molar-refractivity contribution in [2.75, 3.05) is 6.73 Å². The highest BCUT2D eigenvalue weighted by molar-refractivity contribution is 5.78. The molecule has 0 amide bonds. The molecule has 0 aromatic rings. The third kappa shape index (κ3) is 3.20. The standard InChI is InChI=1S/C10H19NO4/c1-7(12)15-10(4,5)9(2,3)8(13)14-6-11/h6,11H2,1-5H3. The molecule has 0 unspecified atom stereocenters. The van der Waals surface area contributed by atoms with E-state index in [-0.39, 0.29) is 6.73 Å². The summed E-state index contributed by atoms with van der Waals surface area (Å²) in [5.41, 5.74) is 3.23. The second-order valence-electron chi connectivity index (χ2n) is 4.33. The fraction of sp³-hybridized carbons (Fsp3) is 0.800. The van der Waals surface area contributed by atoms with Crippen molar-refractivity contribution in [2.24, 2.45) is 11.1 Å². The van der Waals surface area contributed by atoms with Crippen LogP contribution < -0.4 is 5.73 Å². The van der Waals surface area contributed by atoms with Gasteiger partial charge in [-0.2, -0.15) is 0 Å². The molecule has 15 heavy (non-hydrogen) atoms. The van der Waals surface area contributed by atoms with Crippen LogP contribution in [0.2, 0.25) is 0 Å². The zero-order chi connectivity index (χ0) is 12.3. The van der Waals surface area contributed by atoms with E-state index in [9.17, 15) is 9.59 Å². The van der Waals surface area contributed by atoms with Crippen molar-refractivity contribution >= 4 is 11.9 Å². The number of carbonyl (C=O) groups is 2. The molecule has 5 heteroatoms. The highest BCUT2D eigenvalue weighted by Gasteiger charge is 2.47. The summed E-state index contributed by atoms with van der Waals surface area (Å²) in [4.78, 5) is 22.5. The van der Waals surface area contributed by atoms with Crippen LogP contribution in [0.15, 0.2) is 0 Å². The molecule has 0 saturated heterocycles. The van der Waals surface area contributed by atoms with Gasteiger partial charge < -0.3 is 9.47 Å². The van der Waals surface area contributed by atoms with Gasteiger partial charge in [-0.3, -0.25) is 15.3 Å². The van der Waals surface area contributed by atoms with Crippen molar-refractivity contribution in [3.8, 4) is 0 Å². The number of nitrogens with two attached hydrogens (primary N) is 1. The molecule has 0 spiro atoms. The number of ether oxygens (including phenoxy) is 2. The van der Waals surface area contributed by atoms with E-state index in [2.05, 4.69) is 0 Å². The summed E-state index contributed by atoms with van der Waals surface area (Å²) in [7, 11) is 0. The van der Waals surface area contributed by atoms with Gasteiger partial charge in [-0.25, -0.2) is 0 Å². The molecule has 0 aliphatic rings. The van der Waals surface area contributed by atoms with Crippen LogP contribution >= 0.6 is 0 Å². The molecule has 0 bridgehead atoms. The molecular weight excluding hydrogens is 198 g/mol. The first-order chi connectivity index (χ1) is 6.65. The SMILES string of the molecule is CC(=O)OC(C)(C)C(C)(C)C(=O)OCN. The predicted molar refractivity (Wildman–Crippen MR) is 54.8 cm³/mol. The normalized spacial score (nSPS) is 12.1. The number of hydrogen-bond acceptors (Lipinski definition) is 5. The van der Waals surface area contributed by atoms with E-state index in [0.29, 0.717) is 0 Å². The summed E-state index contributed by atoms with van der Waals surface area (Å²) in [6.07, 6.45) is 0. The van der Waals surface area contributed by atoms with Gasteiger partial charge in [-0.05, 0) is 27.7 Å². The molecule has 0 aliphatic carbocycles. The maximum atomic E-state index is 11.6. The third-order valence-electron chi connectivity index (χ3n) is 2.63. The Bertz CT molecular complexity index is 258. The van der Waals surface area contributed by atoms with Gasteiger partial charge in [-0.15, -0.1) is 0 Å². The van der Waals surface area contributed by atoms with Crippen LogP contribution in [0.5, 0.6) is 0 Å². The molecule has 0 aromatic heterocycles. The van der Waals surface area contributed by atoms with Gasteiger partial charge in [0.05, 0.1) is 0 Å². The zero-order valence-corrected chi connectivity index (χ0v) is 9.92. The average molecular weight is 217 g/mol. The Morgan fingerprint density at radius 3 is 2.00 bits per heavy atom. The van der Waals surface area contributed by atoms with Crippen LogP contribution in [-0.2, 0) is 19.1 Å². The summed E-state index contributed by atoms with van der Waals surface area (Å²) in [5.74, 6) is -0.926. The maximum absolute atomic E-state index is 11.6. The van der Waals surface area contributed by atoms with E-state index in [0.717, 1.165) is 0 Å². The molecule has 0 saturated carbocycles. The Kier molecular flexibility index (Phi) is 4.27. The topological polar surface area (TPSA) is 78.6 Å². The summed E-state index contributed by atoms with van der Waals surface area (Å²) in [6.45, 7) is 7.73. The minimum atomic E-state index is -0.946. The van der Waals surface area contributed by atoms with Crippen LogP contribution in [0, 0.1) is 5.41 Å². The molecule has 0 aromatic carbocycles. The number of esters is 2. The molecule has 5 nitrogen and oxygen atoms in total. The third-order valence-corrected chi connectivity index (χ3v) is 2.63. The average Bonchev–Trinajstić information content (AvgIpc) is 2.01. The van der Waals surface area contributed by atoms with E-state index in [1.54, 1.807) is 27.7 Å². The first-order valence-corrected chi connectivity index (χ1v) is 4.72. The highest BCUT2D eigenvalue weighted by atomic mass is 16.6. The van der Waals surface area contributed by atoms with E-state index in [1.807, 2.05) is 0 Å². The van der Waals surface area contributed by atoms with Crippen molar-refractivity contribution < 1.29 is 19.1 Å². The van der Waals surface area contributed by atoms with Gasteiger partial charge in [0.25, 0.3) is 0 Å². The van der Waals surface area contributed by atoms with Gasteiger partial charge in [0.2, 0.25) is 0 Å². The summed E-state index contributed by atoms with van der Waals surface area (Å²) >= 11 is 0. The van der Waals surface area contributed by atoms with E-state index in [4.69, 9.17) is 15.2 Å². The molecule has 0 aliphatic heterocycles. The van der Waals surface area contributed by atoms with Gasteiger partial charge in [0.1, 0.15) is 17.7 Å². The van der Waals surface area contributed by atoms with Crippen molar-refractivity contribution in [3.63, 3.8) is 0 Å². The van der Waals surface area contributed by atoms with Crippen LogP contribution in [0.4, 0.5) is 0 Å². The number of rotatable bonds is 4. The quantitative estimate of drug-likeness (QED) is 0.557. The molecule has 0 rings (SSSR count). The van der Waals surface area contributed by atoms with Crippen molar-refractivity contribution in [3.05, 3.63) is 0 Å². The first kappa shape index (κ1) is 13.9. The zero-order valence-electron chi connectivity index (χ0n) is 9.92. The van der Waals surface area contributed by atoms with Crippen LogP contribution in [0.1, 0.15) is 34.6 Å². The summed E-state index contributed by atoms with van der Waals surface area (Å²) < 4.78 is 9.81. The Hall–Kier alpha value is -1.10. The van der Waals surface area contributed by atoms with Gasteiger partial charge >= 0.3 is 11.9 Å². The maximum Gasteiger partial charge on any atom is 0.316 e. The molecule has 2 N–H and O–H groups in total. The van der Waals surface area contributed by atoms with E-state index in [1.165, 1.54) is 6.92 Å². The summed E-state index contributed by atoms with van der Waals surface area (Å²) in [6, 6.07) is 0. The highest BCUT2D eigenvalue weighted by Crippen LogP contribution is 2.35. The van der Waals surface area contributed by atoms with Gasteiger partial charge in [0, 0.05) is 6.92 Å². The second-order valence-corrected chi connectivity index (χ2v) is 4.33. The number of hydrogen-bond donors (Lipinski definition) is 1. The van der Waals surface area contributed by atoms with Gasteiger partial charge in [0.15, 0.2) is 0 Å². The lowest BCUT2D eigenvalue weighted by Crippen LogP contribution is -2.49. The smallest absolute Gasteiger partial charge is 0.316 e. The Morgan fingerprint density at radius 1 is 1.20 bits per heavy atom. The molecule has 0 fully saturated rings. The summed E-state index contributed by atoms with van der Waals surface area (Å²) in [5, 5.41) is 0. The Labute approximate surface area is 89.9 Å². The largest absolute Gasteiger partial charge is 0.459 e. The van der Waals surface area contributed by atoms with E-state index < -0.39 is 23.0 Å². The molecule has 88 valence electrons. The monoisotopic (exact) mass is 217 g/mol. The fourth-order valence-electron chi connectivity index (χ4n) is 0.989. The Balaban J connectivity index is 4.82. The lowest BCUT2D eigenvalue weighted by Gasteiger charge is -2.38. The second kappa shape index (κ2) is 4.61. The predicted octanol–water partition coefficient (Wildman–Crippen LogP) is 0.814. The lowest BCUT2D eigenvalue weighted by molar-refractivity contribution is -0.181. The van der Waals surface area contributed by atoms with Crippen LogP contribution in [0.25, 0.3) is 0 Å². The lowest BCUT2D eigenvalue weighted by atomic mass is 9.77. The van der Waals surface area contributed by atoms with Crippen LogP contribution in [0.3, 0.4) is 0 Å².